The van der Waals surface area contributed by atoms with E-state index in [4.69, 9.17) is 0 Å². The van der Waals surface area contributed by atoms with E-state index < -0.39 is 0 Å². The molecule has 0 saturated carbocycles. The first kappa shape index (κ1) is 13.9. The van der Waals surface area contributed by atoms with Crippen molar-refractivity contribution in [2.45, 2.75) is 32.2 Å². The van der Waals surface area contributed by atoms with E-state index in [1.54, 1.807) is 6.20 Å². The zero-order chi connectivity index (χ0) is 11.4. The van der Waals surface area contributed by atoms with Crippen molar-refractivity contribution in [3.05, 3.63) is 24.0 Å². The van der Waals surface area contributed by atoms with E-state index in [-0.39, 0.29) is 24.4 Å². The van der Waals surface area contributed by atoms with Gasteiger partial charge in [-0.15, -0.1) is 12.4 Å². The van der Waals surface area contributed by atoms with Crippen LogP contribution in [0.1, 0.15) is 25.0 Å². The number of nitrogens with zero attached hydrogens (tertiary/aromatic N) is 1. The van der Waals surface area contributed by atoms with Gasteiger partial charge in [-0.25, -0.2) is 0 Å². The smallest absolute Gasteiger partial charge is 0.241 e. The lowest BCUT2D eigenvalue weighted by molar-refractivity contribution is -0.118. The van der Waals surface area contributed by atoms with Gasteiger partial charge < -0.3 is 10.6 Å². The van der Waals surface area contributed by atoms with Crippen LogP contribution in [0.3, 0.4) is 0 Å². The number of nitrogens with one attached hydrogen (secondary N) is 2. The molecule has 1 unspecified atom stereocenters. The SMILES string of the molecule is Cc1ccc(NC(=O)C2CCCCN2)cn1.Cl. The van der Waals surface area contributed by atoms with Crippen molar-refractivity contribution in [2.75, 3.05) is 11.9 Å². The van der Waals surface area contributed by atoms with Gasteiger partial charge in [0.05, 0.1) is 17.9 Å². The summed E-state index contributed by atoms with van der Waals surface area (Å²) in [5.74, 6) is 0.0466. The van der Waals surface area contributed by atoms with Crippen molar-refractivity contribution in [3.63, 3.8) is 0 Å². The van der Waals surface area contributed by atoms with Crippen molar-refractivity contribution in [1.29, 1.82) is 0 Å². The Hall–Kier alpha value is -1.13. The molecule has 0 aliphatic carbocycles. The highest BCUT2D eigenvalue weighted by Crippen LogP contribution is 2.11. The van der Waals surface area contributed by atoms with Gasteiger partial charge in [-0.3, -0.25) is 9.78 Å². The third-order valence-corrected chi connectivity index (χ3v) is 2.81. The highest BCUT2D eigenvalue weighted by molar-refractivity contribution is 5.94. The van der Waals surface area contributed by atoms with Crippen LogP contribution in [-0.2, 0) is 4.79 Å². The van der Waals surface area contributed by atoms with Crippen molar-refractivity contribution in [1.82, 2.24) is 10.3 Å². The molecule has 4 nitrogen and oxygen atoms in total. The molecule has 1 aliphatic heterocycles. The second-order valence-corrected chi connectivity index (χ2v) is 4.18. The van der Waals surface area contributed by atoms with Gasteiger partial charge in [0.1, 0.15) is 0 Å². The summed E-state index contributed by atoms with van der Waals surface area (Å²) in [6, 6.07) is 3.72. The van der Waals surface area contributed by atoms with E-state index in [2.05, 4.69) is 15.6 Å². The van der Waals surface area contributed by atoms with Gasteiger partial charge in [-0.05, 0) is 38.4 Å². The van der Waals surface area contributed by atoms with Crippen LogP contribution in [0.4, 0.5) is 5.69 Å². The maximum absolute atomic E-state index is 11.9. The van der Waals surface area contributed by atoms with E-state index >= 15 is 0 Å². The Balaban J connectivity index is 0.00000144. The molecule has 0 aromatic carbocycles. The summed E-state index contributed by atoms with van der Waals surface area (Å²) < 4.78 is 0. The van der Waals surface area contributed by atoms with Crippen molar-refractivity contribution < 1.29 is 4.79 Å². The molecule has 94 valence electrons. The minimum Gasteiger partial charge on any atom is -0.323 e. The zero-order valence-corrected chi connectivity index (χ0v) is 10.7. The lowest BCUT2D eigenvalue weighted by Gasteiger charge is -2.22. The van der Waals surface area contributed by atoms with Gasteiger partial charge in [0, 0.05) is 5.69 Å². The van der Waals surface area contributed by atoms with Crippen LogP contribution in [0.2, 0.25) is 0 Å². The van der Waals surface area contributed by atoms with Crippen LogP contribution in [0.25, 0.3) is 0 Å². The first-order valence-corrected chi connectivity index (χ1v) is 5.72. The molecule has 17 heavy (non-hydrogen) atoms. The summed E-state index contributed by atoms with van der Waals surface area (Å²) in [4.78, 5) is 16.0. The van der Waals surface area contributed by atoms with Crippen LogP contribution in [0.15, 0.2) is 18.3 Å². The number of anilines is 1. The molecular formula is C12H18ClN3O. The van der Waals surface area contributed by atoms with Gasteiger partial charge in [-0.2, -0.15) is 0 Å². The molecule has 1 aromatic rings. The summed E-state index contributed by atoms with van der Waals surface area (Å²) >= 11 is 0. The second kappa shape index (κ2) is 6.57. The number of hydrogen-bond donors (Lipinski definition) is 2. The van der Waals surface area contributed by atoms with Crippen molar-refractivity contribution in [2.24, 2.45) is 0 Å². The monoisotopic (exact) mass is 255 g/mol. The highest BCUT2D eigenvalue weighted by Gasteiger charge is 2.20. The fourth-order valence-corrected chi connectivity index (χ4v) is 1.85. The van der Waals surface area contributed by atoms with Crippen molar-refractivity contribution in [3.8, 4) is 0 Å². The molecule has 2 rings (SSSR count). The van der Waals surface area contributed by atoms with E-state index in [1.807, 2.05) is 19.1 Å². The predicted molar refractivity (Wildman–Crippen MR) is 70.5 cm³/mol. The molecule has 1 amide bonds. The fourth-order valence-electron chi connectivity index (χ4n) is 1.85. The first-order chi connectivity index (χ1) is 7.75. The number of carbonyl (C=O) groups excluding carboxylic acids is 1. The Bertz CT molecular complexity index is 361. The molecule has 0 radical (unpaired) electrons. The Labute approximate surface area is 108 Å². The van der Waals surface area contributed by atoms with Gasteiger partial charge in [-0.1, -0.05) is 6.42 Å². The molecule has 5 heteroatoms. The highest BCUT2D eigenvalue weighted by atomic mass is 35.5. The molecule has 2 heterocycles. The molecule has 0 bridgehead atoms. The molecule has 1 atom stereocenters. The average Bonchev–Trinajstić information content (AvgIpc) is 2.33. The maximum Gasteiger partial charge on any atom is 0.241 e. The molecule has 1 aliphatic rings. The summed E-state index contributed by atoms with van der Waals surface area (Å²) in [5, 5.41) is 6.09. The molecule has 1 aromatic heterocycles. The van der Waals surface area contributed by atoms with Gasteiger partial charge >= 0.3 is 0 Å². The molecule has 0 spiro atoms. The minimum absolute atomic E-state index is 0. The summed E-state index contributed by atoms with van der Waals surface area (Å²) in [6.45, 7) is 2.86. The van der Waals surface area contributed by atoms with E-state index in [0.717, 1.165) is 37.2 Å². The van der Waals surface area contributed by atoms with E-state index in [9.17, 15) is 4.79 Å². The normalized spacial score (nSPS) is 19.2. The first-order valence-electron chi connectivity index (χ1n) is 5.72. The third kappa shape index (κ3) is 3.98. The van der Waals surface area contributed by atoms with Crippen molar-refractivity contribution >= 4 is 24.0 Å². The van der Waals surface area contributed by atoms with Crippen LogP contribution in [0.5, 0.6) is 0 Å². The largest absolute Gasteiger partial charge is 0.323 e. The molecule has 1 fully saturated rings. The number of amides is 1. The Morgan fingerprint density at radius 2 is 2.29 bits per heavy atom. The Kier molecular flexibility index (Phi) is 5.38. The number of hydrogen-bond acceptors (Lipinski definition) is 3. The molecular weight excluding hydrogens is 238 g/mol. The Morgan fingerprint density at radius 3 is 2.88 bits per heavy atom. The zero-order valence-electron chi connectivity index (χ0n) is 9.90. The Morgan fingerprint density at radius 1 is 1.47 bits per heavy atom. The lowest BCUT2D eigenvalue weighted by Crippen LogP contribution is -2.43. The maximum atomic E-state index is 11.9. The van der Waals surface area contributed by atoms with Crippen LogP contribution < -0.4 is 10.6 Å². The van der Waals surface area contributed by atoms with E-state index in [1.165, 1.54) is 0 Å². The predicted octanol–water partition coefficient (Wildman–Crippen LogP) is 1.89. The van der Waals surface area contributed by atoms with Crippen LogP contribution in [-0.4, -0.2) is 23.5 Å². The molecule has 1 saturated heterocycles. The fraction of sp³-hybridized carbons (Fsp3) is 0.500. The number of carbonyl (C=O) groups is 1. The summed E-state index contributed by atoms with van der Waals surface area (Å²) in [7, 11) is 0. The third-order valence-electron chi connectivity index (χ3n) is 2.81. The van der Waals surface area contributed by atoms with Gasteiger partial charge in [0.25, 0.3) is 0 Å². The van der Waals surface area contributed by atoms with Gasteiger partial charge in [0.15, 0.2) is 0 Å². The lowest BCUT2D eigenvalue weighted by atomic mass is 10.0. The standard InChI is InChI=1S/C12H17N3O.ClH/c1-9-5-6-10(8-14-9)15-12(16)11-4-2-3-7-13-11;/h5-6,8,11,13H,2-4,7H2,1H3,(H,15,16);1H. The van der Waals surface area contributed by atoms with Crippen LogP contribution in [0, 0.1) is 6.92 Å². The number of piperidine rings is 1. The van der Waals surface area contributed by atoms with E-state index in [0.29, 0.717) is 0 Å². The number of aryl methyl sites for hydroxylation is 1. The number of aromatic nitrogens is 1. The number of halogens is 1. The molecule has 2 N–H and O–H groups in total. The quantitative estimate of drug-likeness (QED) is 0.849. The number of rotatable bonds is 2. The average molecular weight is 256 g/mol. The topological polar surface area (TPSA) is 54.0 Å². The van der Waals surface area contributed by atoms with Crippen LogP contribution >= 0.6 is 12.4 Å². The summed E-state index contributed by atoms with van der Waals surface area (Å²) in [6.07, 6.45) is 4.90. The van der Waals surface area contributed by atoms with Gasteiger partial charge in [0.2, 0.25) is 5.91 Å². The minimum atomic E-state index is -0.0462. The second-order valence-electron chi connectivity index (χ2n) is 4.18. The summed E-state index contributed by atoms with van der Waals surface area (Å²) in [5.41, 5.74) is 1.72. The number of pyridine rings is 1.